The minimum absolute atomic E-state index is 0.136. The quantitative estimate of drug-likeness (QED) is 0.432. The maximum atomic E-state index is 11.9. The number of ketones is 1. The normalized spacial score (nSPS) is 13.8. The third-order valence-corrected chi connectivity index (χ3v) is 2.91. The summed E-state index contributed by atoms with van der Waals surface area (Å²) in [5.74, 6) is -1.32. The van der Waals surface area contributed by atoms with E-state index in [1.165, 1.54) is 12.1 Å². The first-order chi connectivity index (χ1) is 9.65. The van der Waals surface area contributed by atoms with Crippen LogP contribution in [0.15, 0.2) is 24.3 Å². The molecule has 0 N–H and O–H groups in total. The van der Waals surface area contributed by atoms with Gasteiger partial charge in [-0.3, -0.25) is 14.4 Å². The number of hydroxylamine groups is 2. The van der Waals surface area contributed by atoms with E-state index in [1.54, 1.807) is 12.1 Å². The van der Waals surface area contributed by atoms with Crippen molar-refractivity contribution in [3.63, 3.8) is 0 Å². The number of fused-ring (bicyclic) bond motifs is 1. The van der Waals surface area contributed by atoms with Crippen molar-refractivity contribution in [1.82, 2.24) is 5.06 Å². The number of benzene rings is 1. The summed E-state index contributed by atoms with van der Waals surface area (Å²) in [5.41, 5.74) is 0.525. The van der Waals surface area contributed by atoms with E-state index in [0.29, 0.717) is 11.5 Å². The number of imide groups is 1. The number of nitrogens with zero attached hydrogens (tertiary/aromatic N) is 1. The van der Waals surface area contributed by atoms with E-state index in [-0.39, 0.29) is 23.5 Å². The van der Waals surface area contributed by atoms with Gasteiger partial charge < -0.3 is 0 Å². The molecular weight excluding hydrogens is 262 g/mol. The molecule has 0 atom stereocenters. The summed E-state index contributed by atoms with van der Waals surface area (Å²) in [6.07, 6.45) is 2.07. The molecule has 1 aliphatic rings. The Kier molecular flexibility index (Phi) is 4.60. The molecule has 2 amide bonds. The lowest BCUT2D eigenvalue weighted by atomic mass is 10.1. The molecule has 0 saturated carbocycles. The monoisotopic (exact) mass is 277 g/mol. The zero-order chi connectivity index (χ0) is 14.5. The number of hydrogen-bond donors (Lipinski definition) is 0. The van der Waals surface area contributed by atoms with Crippen LogP contribution in [0.25, 0.3) is 0 Å². The van der Waals surface area contributed by atoms with Gasteiger partial charge in [-0.25, -0.2) is 4.89 Å². The Morgan fingerprint density at radius 3 is 2.30 bits per heavy atom. The van der Waals surface area contributed by atoms with E-state index in [9.17, 15) is 14.4 Å². The first-order valence-corrected chi connectivity index (χ1v) is 6.44. The topological polar surface area (TPSA) is 72.9 Å². The highest BCUT2D eigenvalue weighted by Gasteiger charge is 2.37. The highest BCUT2D eigenvalue weighted by molar-refractivity contribution is 6.20. The summed E-state index contributed by atoms with van der Waals surface area (Å²) < 4.78 is 0. The van der Waals surface area contributed by atoms with Gasteiger partial charge in [-0.05, 0) is 18.6 Å². The molecule has 6 heteroatoms. The van der Waals surface area contributed by atoms with Crippen molar-refractivity contribution in [2.24, 2.45) is 0 Å². The zero-order valence-corrected chi connectivity index (χ0v) is 11.1. The maximum Gasteiger partial charge on any atom is 0.288 e. The van der Waals surface area contributed by atoms with Crippen LogP contribution >= 0.6 is 0 Å². The van der Waals surface area contributed by atoms with Crippen molar-refractivity contribution in [3.8, 4) is 0 Å². The van der Waals surface area contributed by atoms with Crippen LogP contribution in [0.5, 0.6) is 0 Å². The van der Waals surface area contributed by atoms with Crippen LogP contribution in [-0.2, 0) is 14.7 Å². The molecule has 0 radical (unpaired) electrons. The zero-order valence-electron chi connectivity index (χ0n) is 11.1. The minimum Gasteiger partial charge on any atom is -0.297 e. The molecule has 0 aromatic heterocycles. The van der Waals surface area contributed by atoms with Gasteiger partial charge in [0.25, 0.3) is 11.8 Å². The van der Waals surface area contributed by atoms with E-state index in [4.69, 9.17) is 0 Å². The predicted molar refractivity (Wildman–Crippen MR) is 68.5 cm³/mol. The van der Waals surface area contributed by atoms with E-state index in [2.05, 4.69) is 9.88 Å². The van der Waals surface area contributed by atoms with Crippen LogP contribution < -0.4 is 0 Å². The van der Waals surface area contributed by atoms with Crippen molar-refractivity contribution in [2.75, 3.05) is 6.61 Å². The minimum atomic E-state index is -0.591. The molecule has 0 fully saturated rings. The number of Topliss-reactive ketones (excluding diaryl/α,β-unsaturated/α-hetero) is 1. The number of unbranched alkanes of at least 4 members (excludes halogenated alkanes) is 1. The second kappa shape index (κ2) is 6.40. The third-order valence-electron chi connectivity index (χ3n) is 2.91. The highest BCUT2D eigenvalue weighted by Crippen LogP contribution is 2.22. The molecule has 106 valence electrons. The van der Waals surface area contributed by atoms with Crippen molar-refractivity contribution in [1.29, 1.82) is 0 Å². The summed E-state index contributed by atoms with van der Waals surface area (Å²) in [5, 5.41) is 0.526. The number of rotatable bonds is 7. The Labute approximate surface area is 116 Å². The molecule has 0 aliphatic carbocycles. The van der Waals surface area contributed by atoms with Crippen LogP contribution in [0.4, 0.5) is 0 Å². The van der Waals surface area contributed by atoms with Gasteiger partial charge in [0.05, 0.1) is 11.1 Å². The summed E-state index contributed by atoms with van der Waals surface area (Å²) >= 11 is 0. The number of amides is 2. The maximum absolute atomic E-state index is 11.9. The Morgan fingerprint density at radius 2 is 1.75 bits per heavy atom. The van der Waals surface area contributed by atoms with Crippen LogP contribution in [-0.4, -0.2) is 29.3 Å². The smallest absolute Gasteiger partial charge is 0.288 e. The van der Waals surface area contributed by atoms with E-state index >= 15 is 0 Å². The van der Waals surface area contributed by atoms with Crippen LogP contribution in [0.2, 0.25) is 0 Å². The molecule has 0 bridgehead atoms. The molecule has 2 rings (SSSR count). The standard InChI is InChI=1S/C14H15NO5/c1-2-3-6-10(16)9-19-20-15-13(17)11-7-4-5-8-12(11)14(15)18/h4-5,7-8H,2-3,6,9H2,1H3. The molecule has 1 aliphatic heterocycles. The van der Waals surface area contributed by atoms with E-state index in [1.807, 2.05) is 6.92 Å². The Morgan fingerprint density at radius 1 is 1.15 bits per heavy atom. The molecule has 0 spiro atoms. The molecular formula is C14H15NO5. The fourth-order valence-corrected chi connectivity index (χ4v) is 1.83. The van der Waals surface area contributed by atoms with Crippen molar-refractivity contribution >= 4 is 17.6 Å². The summed E-state index contributed by atoms with van der Waals surface area (Å²) in [7, 11) is 0. The van der Waals surface area contributed by atoms with Crippen molar-refractivity contribution in [3.05, 3.63) is 35.4 Å². The second-order valence-electron chi connectivity index (χ2n) is 4.43. The van der Waals surface area contributed by atoms with Gasteiger partial charge in [0.1, 0.15) is 6.61 Å². The average Bonchev–Trinajstić information content (AvgIpc) is 2.70. The Hall–Kier alpha value is -2.05. The van der Waals surface area contributed by atoms with Gasteiger partial charge >= 0.3 is 0 Å². The molecule has 0 unspecified atom stereocenters. The molecule has 0 saturated heterocycles. The van der Waals surface area contributed by atoms with Crippen LogP contribution in [0, 0.1) is 0 Å². The average molecular weight is 277 g/mol. The molecule has 6 nitrogen and oxygen atoms in total. The predicted octanol–water partition coefficient (Wildman–Crippen LogP) is 1.91. The van der Waals surface area contributed by atoms with Gasteiger partial charge in [0, 0.05) is 6.42 Å². The lowest BCUT2D eigenvalue weighted by Crippen LogP contribution is -2.31. The van der Waals surface area contributed by atoms with Gasteiger partial charge in [-0.2, -0.15) is 0 Å². The Bertz CT molecular complexity index is 505. The molecule has 1 heterocycles. The fraction of sp³-hybridized carbons (Fsp3) is 0.357. The first-order valence-electron chi connectivity index (χ1n) is 6.44. The summed E-state index contributed by atoms with van der Waals surface area (Å²) in [4.78, 5) is 44.5. The lowest BCUT2D eigenvalue weighted by Gasteiger charge is -2.10. The SMILES string of the molecule is CCCCC(=O)COON1C(=O)c2ccccc2C1=O. The second-order valence-corrected chi connectivity index (χ2v) is 4.43. The van der Waals surface area contributed by atoms with Gasteiger partial charge in [-0.1, -0.05) is 30.5 Å². The molecule has 1 aromatic carbocycles. The van der Waals surface area contributed by atoms with Crippen LogP contribution in [0.3, 0.4) is 0 Å². The molecule has 1 aromatic rings. The fourth-order valence-electron chi connectivity index (χ4n) is 1.83. The third kappa shape index (κ3) is 2.92. The Balaban J connectivity index is 1.88. The number of carbonyl (C=O) groups excluding carboxylic acids is 3. The first kappa shape index (κ1) is 14.4. The lowest BCUT2D eigenvalue weighted by molar-refractivity contribution is -0.380. The molecule has 20 heavy (non-hydrogen) atoms. The van der Waals surface area contributed by atoms with Gasteiger partial charge in [0.2, 0.25) is 0 Å². The van der Waals surface area contributed by atoms with Crippen LogP contribution in [0.1, 0.15) is 46.9 Å². The largest absolute Gasteiger partial charge is 0.297 e. The number of carbonyl (C=O) groups is 3. The van der Waals surface area contributed by atoms with Gasteiger partial charge in [-0.15, -0.1) is 5.06 Å². The number of hydrogen-bond acceptors (Lipinski definition) is 5. The van der Waals surface area contributed by atoms with Crippen molar-refractivity contribution < 1.29 is 24.3 Å². The van der Waals surface area contributed by atoms with Crippen molar-refractivity contribution in [2.45, 2.75) is 26.2 Å². The van der Waals surface area contributed by atoms with E-state index < -0.39 is 11.8 Å². The summed E-state index contributed by atoms with van der Waals surface area (Å²) in [6, 6.07) is 6.38. The van der Waals surface area contributed by atoms with E-state index in [0.717, 1.165) is 12.8 Å². The highest BCUT2D eigenvalue weighted by atomic mass is 17.3. The van der Waals surface area contributed by atoms with Gasteiger partial charge in [0.15, 0.2) is 5.78 Å². The summed E-state index contributed by atoms with van der Waals surface area (Å²) in [6.45, 7) is 1.69.